The molecule has 0 heterocycles. The van der Waals surface area contributed by atoms with Crippen LogP contribution < -0.4 is 4.89 Å². The van der Waals surface area contributed by atoms with Crippen molar-refractivity contribution in [2.24, 2.45) is 0 Å². The second kappa shape index (κ2) is 25.7. The van der Waals surface area contributed by atoms with E-state index in [1.54, 1.807) is 0 Å². The van der Waals surface area contributed by atoms with E-state index in [0.717, 1.165) is 70.6 Å². The molecule has 0 aliphatic heterocycles. The molecule has 42 heavy (non-hydrogen) atoms. The summed E-state index contributed by atoms with van der Waals surface area (Å²) in [4.78, 5) is 36.8. The van der Waals surface area contributed by atoms with Crippen LogP contribution in [0.3, 0.4) is 0 Å². The number of hydrogen-bond donors (Lipinski definition) is 0. The van der Waals surface area contributed by atoms with E-state index in [0.29, 0.717) is 17.4 Å². The number of carbonyl (C=O) groups is 2. The van der Waals surface area contributed by atoms with Crippen molar-refractivity contribution in [1.82, 2.24) is 0 Å². The van der Waals surface area contributed by atoms with Gasteiger partial charge in [-0.3, -0.25) is 14.2 Å². The molecule has 0 aromatic carbocycles. The number of carbonyl (C=O) groups excluding carboxylic acids is 2. The molecule has 0 aliphatic rings. The van der Waals surface area contributed by atoms with Crippen molar-refractivity contribution in [2.75, 3.05) is 47.5 Å². The van der Waals surface area contributed by atoms with Gasteiger partial charge in [0, 0.05) is 12.8 Å². The molecule has 0 bridgehead atoms. The molecule has 0 spiro atoms. The van der Waals surface area contributed by atoms with E-state index in [9.17, 15) is 19.0 Å². The molecular weight excluding hydrogens is 557 g/mol. The molecule has 0 rings (SSSR count). The third-order valence-corrected chi connectivity index (χ3v) is 7.14. The van der Waals surface area contributed by atoms with Crippen LogP contribution in [0.25, 0.3) is 0 Å². The van der Waals surface area contributed by atoms with Crippen molar-refractivity contribution in [2.45, 2.75) is 110 Å². The van der Waals surface area contributed by atoms with E-state index in [1.165, 1.54) is 0 Å². The molecule has 0 aliphatic carbocycles. The Labute approximate surface area is 255 Å². The number of esters is 2. The Morgan fingerprint density at radius 1 is 0.762 bits per heavy atom. The minimum atomic E-state index is -4.61. The van der Waals surface area contributed by atoms with Crippen molar-refractivity contribution in [3.05, 3.63) is 36.5 Å². The lowest BCUT2D eigenvalue weighted by molar-refractivity contribution is -0.870. The molecule has 0 radical (unpaired) electrons. The first-order valence-electron chi connectivity index (χ1n) is 15.7. The number of nitrogens with zero attached hydrogens (tertiary/aromatic N) is 1. The van der Waals surface area contributed by atoms with Crippen LogP contribution in [-0.4, -0.2) is 70.0 Å². The number of unbranched alkanes of at least 4 members (excludes halogenated alkanes) is 7. The fraction of sp³-hybridized carbons (Fsp3) is 0.750. The molecule has 0 fully saturated rings. The fourth-order valence-electron chi connectivity index (χ4n) is 3.66. The number of ether oxygens (including phenoxy) is 2. The predicted octanol–water partition coefficient (Wildman–Crippen LogP) is 6.82. The standard InChI is InChI=1S/C32H58NO8P/c1-6-8-10-12-13-14-15-16-17-18-19-21-23-25-32(35)41-30(28-38-31(34)24-22-20-11-9-7-2)29-40-42(36,37)39-27-26-33(3,4)5/h8,10,13-14,16-17,30H,6-7,9,11-12,15,18-29H2,1-5H3/b10-8-,14-13-,17-16-. The molecule has 0 aromatic rings. The molecule has 0 saturated carbocycles. The lowest BCUT2D eigenvalue weighted by atomic mass is 10.1. The predicted molar refractivity (Wildman–Crippen MR) is 167 cm³/mol. The number of phosphoric acid groups is 1. The molecular formula is C32H58NO8P. The normalized spacial score (nSPS) is 14.5. The Balaban J connectivity index is 4.55. The van der Waals surface area contributed by atoms with Gasteiger partial charge in [-0.25, -0.2) is 0 Å². The number of hydrogen-bond acceptors (Lipinski definition) is 8. The van der Waals surface area contributed by atoms with E-state index in [2.05, 4.69) is 50.3 Å². The van der Waals surface area contributed by atoms with Gasteiger partial charge in [0.25, 0.3) is 7.82 Å². The highest BCUT2D eigenvalue weighted by molar-refractivity contribution is 7.45. The maximum atomic E-state index is 12.5. The summed E-state index contributed by atoms with van der Waals surface area (Å²) in [7, 11) is 1.13. The van der Waals surface area contributed by atoms with E-state index >= 15 is 0 Å². The average Bonchev–Trinajstić information content (AvgIpc) is 2.91. The molecule has 244 valence electrons. The third kappa shape index (κ3) is 28.4. The lowest BCUT2D eigenvalue weighted by Gasteiger charge is -2.28. The largest absolute Gasteiger partial charge is 0.756 e. The van der Waals surface area contributed by atoms with Crippen LogP contribution in [0, 0.1) is 0 Å². The summed E-state index contributed by atoms with van der Waals surface area (Å²) in [5, 5.41) is 0. The van der Waals surface area contributed by atoms with Gasteiger partial charge in [-0.05, 0) is 44.9 Å². The smallest absolute Gasteiger partial charge is 0.306 e. The monoisotopic (exact) mass is 615 g/mol. The van der Waals surface area contributed by atoms with Crippen molar-refractivity contribution in [3.8, 4) is 0 Å². The summed E-state index contributed by atoms with van der Waals surface area (Å²) < 4.78 is 33.3. The molecule has 0 saturated heterocycles. The minimum Gasteiger partial charge on any atom is -0.756 e. The zero-order chi connectivity index (χ0) is 31.5. The SMILES string of the molecule is CC/C=C\C/C=C\C/C=C\CCCCCC(=O)OC(COC(=O)CCCCCCC)COP(=O)([O-])OCC[N+](C)(C)C. The van der Waals surface area contributed by atoms with Crippen molar-refractivity contribution in [1.29, 1.82) is 0 Å². The van der Waals surface area contributed by atoms with Crippen molar-refractivity contribution < 1.29 is 42.1 Å². The van der Waals surface area contributed by atoms with Crippen LogP contribution in [0.2, 0.25) is 0 Å². The molecule has 0 amide bonds. The van der Waals surface area contributed by atoms with Gasteiger partial charge >= 0.3 is 11.9 Å². The zero-order valence-corrected chi connectivity index (χ0v) is 27.8. The quantitative estimate of drug-likeness (QED) is 0.0325. The number of quaternary nitrogens is 1. The first-order chi connectivity index (χ1) is 20.0. The fourth-order valence-corrected chi connectivity index (χ4v) is 4.39. The van der Waals surface area contributed by atoms with Crippen molar-refractivity contribution >= 4 is 19.8 Å². The first-order valence-corrected chi connectivity index (χ1v) is 17.2. The van der Waals surface area contributed by atoms with Gasteiger partial charge in [0.2, 0.25) is 0 Å². The Hall–Kier alpha value is -1.77. The van der Waals surface area contributed by atoms with Crippen LogP contribution in [0.4, 0.5) is 0 Å². The van der Waals surface area contributed by atoms with Gasteiger partial charge < -0.3 is 27.9 Å². The van der Waals surface area contributed by atoms with Gasteiger partial charge in [-0.1, -0.05) is 82.4 Å². The minimum absolute atomic E-state index is 0.0374. The molecule has 9 nitrogen and oxygen atoms in total. The Morgan fingerprint density at radius 2 is 1.36 bits per heavy atom. The van der Waals surface area contributed by atoms with Gasteiger partial charge in [-0.15, -0.1) is 0 Å². The summed E-state index contributed by atoms with van der Waals surface area (Å²) in [6, 6.07) is 0. The highest BCUT2D eigenvalue weighted by Crippen LogP contribution is 2.38. The van der Waals surface area contributed by atoms with Crippen LogP contribution in [0.1, 0.15) is 104 Å². The zero-order valence-electron chi connectivity index (χ0n) is 26.9. The van der Waals surface area contributed by atoms with E-state index in [1.807, 2.05) is 21.1 Å². The van der Waals surface area contributed by atoms with E-state index in [4.69, 9.17) is 18.5 Å². The number of likely N-dealkylation sites (N-methyl/N-ethyl adjacent to an activating group) is 1. The Morgan fingerprint density at radius 3 is 2.00 bits per heavy atom. The molecule has 0 N–H and O–H groups in total. The topological polar surface area (TPSA) is 111 Å². The maximum Gasteiger partial charge on any atom is 0.306 e. The molecule has 2 unspecified atom stereocenters. The van der Waals surface area contributed by atoms with Crippen molar-refractivity contribution in [3.63, 3.8) is 0 Å². The molecule has 10 heteroatoms. The van der Waals surface area contributed by atoms with E-state index in [-0.39, 0.29) is 26.1 Å². The summed E-state index contributed by atoms with van der Waals surface area (Å²) in [5.74, 6) is -0.891. The van der Waals surface area contributed by atoms with Gasteiger partial charge in [0.1, 0.15) is 19.8 Å². The van der Waals surface area contributed by atoms with Crippen LogP contribution in [0.5, 0.6) is 0 Å². The first kappa shape index (κ1) is 40.2. The second-order valence-electron chi connectivity index (χ2n) is 11.4. The van der Waals surface area contributed by atoms with E-state index < -0.39 is 32.5 Å². The maximum absolute atomic E-state index is 12.5. The summed E-state index contributed by atoms with van der Waals surface area (Å²) in [6.07, 6.45) is 23.7. The lowest BCUT2D eigenvalue weighted by Crippen LogP contribution is -2.37. The third-order valence-electron chi connectivity index (χ3n) is 6.17. The highest BCUT2D eigenvalue weighted by atomic mass is 31.2. The highest BCUT2D eigenvalue weighted by Gasteiger charge is 2.21. The average molecular weight is 616 g/mol. The molecule has 0 aromatic heterocycles. The number of phosphoric ester groups is 1. The second-order valence-corrected chi connectivity index (χ2v) is 12.9. The summed E-state index contributed by atoms with van der Waals surface area (Å²) in [6.45, 7) is 3.93. The van der Waals surface area contributed by atoms with Crippen LogP contribution in [-0.2, 0) is 32.7 Å². The summed E-state index contributed by atoms with van der Waals surface area (Å²) in [5.41, 5.74) is 0. The van der Waals surface area contributed by atoms with Gasteiger partial charge in [-0.2, -0.15) is 0 Å². The Bertz CT molecular complexity index is 835. The van der Waals surface area contributed by atoms with Gasteiger partial charge in [0.05, 0.1) is 27.7 Å². The van der Waals surface area contributed by atoms with Crippen LogP contribution in [0.15, 0.2) is 36.5 Å². The van der Waals surface area contributed by atoms with Crippen LogP contribution >= 0.6 is 7.82 Å². The molecule has 2 atom stereocenters. The summed E-state index contributed by atoms with van der Waals surface area (Å²) >= 11 is 0. The Kier molecular flexibility index (Phi) is 24.6. The number of rotatable bonds is 27. The number of allylic oxidation sites excluding steroid dienone is 6. The van der Waals surface area contributed by atoms with Gasteiger partial charge in [0.15, 0.2) is 6.10 Å².